The Morgan fingerprint density at radius 3 is 1.48 bits per heavy atom. The zero-order chi connectivity index (χ0) is 23.4. The number of rotatable bonds is 5. The molecule has 168 valence electrons. The van der Waals surface area contributed by atoms with Crippen molar-refractivity contribution in [3.8, 4) is 11.1 Å². The van der Waals surface area contributed by atoms with Crippen LogP contribution in [0.15, 0.2) is 91.0 Å². The quantitative estimate of drug-likeness (QED) is 0.260. The van der Waals surface area contributed by atoms with Gasteiger partial charge < -0.3 is 0 Å². The van der Waals surface area contributed by atoms with E-state index < -0.39 is 0 Å². The molecule has 0 aliphatic heterocycles. The average molecular weight is 433 g/mol. The van der Waals surface area contributed by atoms with E-state index in [-0.39, 0.29) is 5.41 Å². The summed E-state index contributed by atoms with van der Waals surface area (Å²) >= 11 is 0. The highest BCUT2D eigenvalue weighted by Crippen LogP contribution is 2.59. The first-order valence-corrected chi connectivity index (χ1v) is 12.7. The first-order chi connectivity index (χ1) is 16.3. The van der Waals surface area contributed by atoms with Crippen LogP contribution in [0.5, 0.6) is 0 Å². The molecule has 0 saturated heterocycles. The minimum atomic E-state index is -0.281. The highest BCUT2D eigenvalue weighted by molar-refractivity contribution is 5.90. The van der Waals surface area contributed by atoms with Gasteiger partial charge in [0.2, 0.25) is 0 Å². The normalized spacial score (nSPS) is 13.0. The predicted molar refractivity (Wildman–Crippen MR) is 143 cm³/mol. The van der Waals surface area contributed by atoms with Crippen LogP contribution in [0.25, 0.3) is 11.1 Å². The van der Waals surface area contributed by atoms with Crippen molar-refractivity contribution in [2.75, 3.05) is 0 Å². The first-order valence-electron chi connectivity index (χ1n) is 12.7. The van der Waals surface area contributed by atoms with Crippen molar-refractivity contribution in [2.24, 2.45) is 0 Å². The molecule has 5 rings (SSSR count). The van der Waals surface area contributed by atoms with E-state index in [1.54, 1.807) is 0 Å². The van der Waals surface area contributed by atoms with Crippen LogP contribution in [0.4, 0.5) is 0 Å². The summed E-state index contributed by atoms with van der Waals surface area (Å²) in [6.07, 6.45) is 3.10. The van der Waals surface area contributed by atoms with Gasteiger partial charge in [0.1, 0.15) is 0 Å². The molecule has 0 heterocycles. The number of hydrogen-bond acceptors (Lipinski definition) is 0. The summed E-state index contributed by atoms with van der Waals surface area (Å²) in [5, 5.41) is 0. The van der Waals surface area contributed by atoms with Crippen LogP contribution in [-0.4, -0.2) is 0 Å². The molecule has 0 fully saturated rings. The Bertz CT molecular complexity index is 1180. The van der Waals surface area contributed by atoms with Crippen molar-refractivity contribution in [1.29, 1.82) is 0 Å². The van der Waals surface area contributed by atoms with E-state index in [0.29, 0.717) is 0 Å². The van der Waals surface area contributed by atoms with Gasteiger partial charge in [-0.25, -0.2) is 0 Å². The van der Waals surface area contributed by atoms with Crippen LogP contribution in [0.1, 0.15) is 73.6 Å². The molecule has 0 aromatic heterocycles. The monoisotopic (exact) mass is 432 g/mol. The SMILES string of the molecule is CC.CCc1ccc(CC)c2c1-c1cccc(CC)c1C2(c1ccccc1)c1ccccc1. The van der Waals surface area contributed by atoms with Gasteiger partial charge in [-0.3, -0.25) is 0 Å². The molecule has 4 aromatic carbocycles. The number of aryl methyl sites for hydroxylation is 3. The summed E-state index contributed by atoms with van der Waals surface area (Å²) in [7, 11) is 0. The van der Waals surface area contributed by atoms with Gasteiger partial charge in [0.15, 0.2) is 0 Å². The fourth-order valence-corrected chi connectivity index (χ4v) is 5.81. The second-order valence-corrected chi connectivity index (χ2v) is 8.52. The maximum Gasteiger partial charge on any atom is 0.0718 e. The summed E-state index contributed by atoms with van der Waals surface area (Å²) in [4.78, 5) is 0. The molecule has 0 unspecified atom stereocenters. The molecule has 0 N–H and O–H groups in total. The fourth-order valence-electron chi connectivity index (χ4n) is 5.81. The van der Waals surface area contributed by atoms with Gasteiger partial charge in [-0.1, -0.05) is 126 Å². The lowest BCUT2D eigenvalue weighted by atomic mass is 9.65. The largest absolute Gasteiger partial charge is 0.0718 e. The second-order valence-electron chi connectivity index (χ2n) is 8.52. The molecule has 33 heavy (non-hydrogen) atoms. The molecule has 0 heteroatoms. The molecule has 1 aliphatic carbocycles. The molecule has 4 aromatic rings. The smallest absolute Gasteiger partial charge is 0.0683 e. The Morgan fingerprint density at radius 2 is 0.970 bits per heavy atom. The molecule has 0 spiro atoms. The Morgan fingerprint density at radius 1 is 0.485 bits per heavy atom. The minimum Gasteiger partial charge on any atom is -0.0683 e. The lowest BCUT2D eigenvalue weighted by Gasteiger charge is -2.36. The summed E-state index contributed by atoms with van der Waals surface area (Å²) < 4.78 is 0. The van der Waals surface area contributed by atoms with Crippen LogP contribution in [0, 0.1) is 0 Å². The van der Waals surface area contributed by atoms with Crippen LogP contribution in [0.3, 0.4) is 0 Å². The topological polar surface area (TPSA) is 0 Å². The highest BCUT2D eigenvalue weighted by atomic mass is 14.5. The third-order valence-corrected chi connectivity index (χ3v) is 7.10. The summed E-state index contributed by atoms with van der Waals surface area (Å²) in [5.74, 6) is 0. The molecule has 0 amide bonds. The van der Waals surface area contributed by atoms with E-state index >= 15 is 0 Å². The number of fused-ring (bicyclic) bond motifs is 3. The van der Waals surface area contributed by atoms with Gasteiger partial charge in [0.25, 0.3) is 0 Å². The molecule has 1 aliphatic rings. The molecule has 0 radical (unpaired) electrons. The predicted octanol–water partition coefficient (Wildman–Crippen LogP) is 8.76. The van der Waals surface area contributed by atoms with Gasteiger partial charge >= 0.3 is 0 Å². The fraction of sp³-hybridized carbons (Fsp3) is 0.273. The lowest BCUT2D eigenvalue weighted by Crippen LogP contribution is -2.31. The van der Waals surface area contributed by atoms with Gasteiger partial charge in [-0.15, -0.1) is 0 Å². The minimum absolute atomic E-state index is 0.281. The Balaban J connectivity index is 0.00000126. The Hall–Kier alpha value is -3.12. The number of benzene rings is 4. The molecular weight excluding hydrogens is 396 g/mol. The summed E-state index contributed by atoms with van der Waals surface area (Å²) in [6, 6.07) is 34.1. The number of hydrogen-bond donors (Lipinski definition) is 0. The molecular formula is C33H36. The van der Waals surface area contributed by atoms with Crippen LogP contribution < -0.4 is 0 Å². The van der Waals surface area contributed by atoms with E-state index in [9.17, 15) is 0 Å². The van der Waals surface area contributed by atoms with Crippen LogP contribution >= 0.6 is 0 Å². The summed E-state index contributed by atoms with van der Waals surface area (Å²) in [5.41, 5.74) is 12.7. The standard InChI is InChI=1S/C31H30.C2H6/c1-4-22-20-21-24(6-3)30-28(22)27-19-13-14-23(5-2)29(27)31(30,25-15-9-7-10-16-25)26-17-11-8-12-18-26;1-2/h7-21H,4-6H2,1-3H3;1-2H3. The highest BCUT2D eigenvalue weighted by Gasteiger charge is 2.48. The zero-order valence-corrected chi connectivity index (χ0v) is 20.8. The molecule has 0 atom stereocenters. The maximum absolute atomic E-state index is 2.38. The lowest BCUT2D eigenvalue weighted by molar-refractivity contribution is 0.743. The molecule has 0 nitrogen and oxygen atoms in total. The van der Waals surface area contributed by atoms with Crippen molar-refractivity contribution in [3.63, 3.8) is 0 Å². The third-order valence-electron chi connectivity index (χ3n) is 7.10. The van der Waals surface area contributed by atoms with Crippen molar-refractivity contribution in [2.45, 2.75) is 59.3 Å². The van der Waals surface area contributed by atoms with E-state index in [0.717, 1.165) is 19.3 Å². The van der Waals surface area contributed by atoms with Crippen LogP contribution in [0.2, 0.25) is 0 Å². The van der Waals surface area contributed by atoms with E-state index in [1.807, 2.05) is 13.8 Å². The van der Waals surface area contributed by atoms with Gasteiger partial charge in [-0.05, 0) is 69.3 Å². The van der Waals surface area contributed by atoms with Crippen LogP contribution in [-0.2, 0) is 24.7 Å². The van der Waals surface area contributed by atoms with E-state index in [4.69, 9.17) is 0 Å². The van der Waals surface area contributed by atoms with Crippen molar-refractivity contribution in [1.82, 2.24) is 0 Å². The maximum atomic E-state index is 2.38. The first kappa shape index (κ1) is 23.1. The second kappa shape index (κ2) is 9.79. The van der Waals surface area contributed by atoms with Crippen molar-refractivity contribution < 1.29 is 0 Å². The van der Waals surface area contributed by atoms with Crippen molar-refractivity contribution >= 4 is 0 Å². The zero-order valence-electron chi connectivity index (χ0n) is 20.8. The average Bonchev–Trinajstić information content (AvgIpc) is 3.23. The van der Waals surface area contributed by atoms with E-state index in [1.165, 1.54) is 50.1 Å². The Labute approximate surface area is 200 Å². The van der Waals surface area contributed by atoms with Gasteiger partial charge in [0.05, 0.1) is 5.41 Å². The molecule has 0 saturated carbocycles. The van der Waals surface area contributed by atoms with Crippen molar-refractivity contribution in [3.05, 3.63) is 130 Å². The summed E-state index contributed by atoms with van der Waals surface area (Å²) in [6.45, 7) is 10.9. The van der Waals surface area contributed by atoms with Gasteiger partial charge in [-0.2, -0.15) is 0 Å². The third kappa shape index (κ3) is 3.44. The van der Waals surface area contributed by atoms with Gasteiger partial charge in [0, 0.05) is 0 Å². The Kier molecular flexibility index (Phi) is 6.84. The molecule has 0 bridgehead atoms. The van der Waals surface area contributed by atoms with E-state index in [2.05, 4.69) is 112 Å².